The number of nitrogens with one attached hydrogen (secondary N) is 10. The van der Waals surface area contributed by atoms with E-state index in [1.54, 1.807) is 10.6 Å². The van der Waals surface area contributed by atoms with E-state index in [0.29, 0.717) is 74.6 Å². The van der Waals surface area contributed by atoms with Gasteiger partial charge in [0, 0.05) is 151 Å². The zero-order chi connectivity index (χ0) is 108. The molecule has 0 aliphatic carbocycles. The van der Waals surface area contributed by atoms with Crippen LogP contribution >= 0.6 is 0 Å². The van der Waals surface area contributed by atoms with Crippen molar-refractivity contribution in [2.75, 3.05) is 95.6 Å². The predicted octanol–water partition coefficient (Wildman–Crippen LogP) is 17.6. The lowest BCUT2D eigenvalue weighted by molar-refractivity contribution is -0.271. The summed E-state index contributed by atoms with van der Waals surface area (Å²) < 4.78 is 0. The third-order valence-electron chi connectivity index (χ3n) is 38.8. The Bertz CT molecular complexity index is 4180. The highest BCUT2D eigenvalue weighted by atomic mass is 16.8. The summed E-state index contributed by atoms with van der Waals surface area (Å²) in [5.74, 6) is 7.69. The highest BCUT2D eigenvalue weighted by Gasteiger charge is 2.55. The van der Waals surface area contributed by atoms with Crippen LogP contribution in [-0.2, 0) is 19.4 Å². The molecule has 838 valence electrons. The number of hydrogen-bond donors (Lipinski definition) is 10. The van der Waals surface area contributed by atoms with Crippen LogP contribution in [0.3, 0.4) is 0 Å². The third kappa shape index (κ3) is 28.5. The Morgan fingerprint density at radius 3 is 0.699 bits per heavy atom. The molecule has 0 amide bonds. The van der Waals surface area contributed by atoms with Gasteiger partial charge in [0.15, 0.2) is 0 Å². The van der Waals surface area contributed by atoms with Gasteiger partial charge in [0.2, 0.25) is 0 Å². The minimum Gasteiger partial charge on any atom is -0.368 e. The number of nitrogens with zero attached hydrogens (tertiary/aromatic N) is 18. The third-order valence-corrected chi connectivity index (χ3v) is 38.8. The van der Waals surface area contributed by atoms with Crippen molar-refractivity contribution in [3.05, 3.63) is 47.6 Å². The van der Waals surface area contributed by atoms with Crippen molar-refractivity contribution in [2.45, 2.75) is 541 Å². The first-order valence-electron chi connectivity index (χ1n) is 57.2. The van der Waals surface area contributed by atoms with Crippen LogP contribution in [0.25, 0.3) is 0 Å². The maximum Gasteiger partial charge on any atom is 0.142 e. The summed E-state index contributed by atoms with van der Waals surface area (Å²) in [5, 5.41) is 15.5. The smallest absolute Gasteiger partial charge is 0.142 e. The number of amidine groups is 4. The fourth-order valence-corrected chi connectivity index (χ4v) is 28.8. The van der Waals surface area contributed by atoms with Gasteiger partial charge in [-0.05, 0) is 451 Å². The summed E-state index contributed by atoms with van der Waals surface area (Å²) in [5.41, 5.74) is 29.2. The van der Waals surface area contributed by atoms with Gasteiger partial charge in [-0.25, -0.2) is 0 Å². The van der Waals surface area contributed by atoms with E-state index < -0.39 is 0 Å². The lowest BCUT2D eigenvalue weighted by Gasteiger charge is -2.55. The molecule has 0 radical (unpaired) electrons. The molecule has 146 heavy (non-hydrogen) atoms. The SMILES string of the molecule is CCCC(N=C1C=C(N(CCN=C2C=C(NC(CCC)C3CC(C)(C)N(C)C(C)(C)C3)NN(OC3CC(C)(C)N(C)C(C)(C)C3)N2)CCN(CCN=C2C=C(NC(CCC)C3CC(C)(C)N(C)C(C)(C)C3)NN(OC3CC(C)(C)N(C)C(C)(C)C3)N2)C2=CC(=NC(CCC)C3CC(C)(C)N(C)C(C)(C)C3)NN(OC3CC(C)(C)N(C)C(C)(C)C3)N2)NN(OC2CC(C)(C)N(C)C(C)(C)C2)N1)C1CC(C)(C)N(C)C(C)(C)C1. The van der Waals surface area contributed by atoms with Gasteiger partial charge in [0.25, 0.3) is 0 Å². The van der Waals surface area contributed by atoms with Crippen LogP contribution in [-0.4, -0.2) is 326 Å². The first-order chi connectivity index (χ1) is 67.2. The second kappa shape index (κ2) is 44.8. The number of hydrazine groups is 8. The molecule has 0 aromatic heterocycles. The molecule has 32 nitrogen and oxygen atoms in total. The van der Waals surface area contributed by atoms with Crippen molar-refractivity contribution in [3.8, 4) is 0 Å². The summed E-state index contributed by atoms with van der Waals surface area (Å²) in [6, 6.07) is 0.370. The molecule has 4 atom stereocenters. The van der Waals surface area contributed by atoms with Crippen LogP contribution in [0.1, 0.15) is 403 Å². The molecule has 12 heterocycles. The van der Waals surface area contributed by atoms with E-state index in [2.05, 4.69) is 433 Å². The molecule has 0 saturated carbocycles. The van der Waals surface area contributed by atoms with Crippen molar-refractivity contribution < 1.29 is 19.4 Å². The number of piperidine rings is 8. The Morgan fingerprint density at radius 2 is 0.473 bits per heavy atom. The van der Waals surface area contributed by atoms with Crippen LogP contribution < -0.4 is 54.0 Å². The van der Waals surface area contributed by atoms with E-state index >= 15 is 0 Å². The topological polar surface area (TPSA) is 252 Å². The summed E-state index contributed by atoms with van der Waals surface area (Å²) in [7, 11) is 18.3. The van der Waals surface area contributed by atoms with Gasteiger partial charge in [-0.15, -0.1) is 0 Å². The molecule has 8 saturated heterocycles. The molecular formula is C114H218N28O4. The van der Waals surface area contributed by atoms with Crippen LogP contribution in [0.2, 0.25) is 0 Å². The first kappa shape index (κ1) is 119. The number of likely N-dealkylation sites (tertiary alicyclic amines) is 8. The minimum absolute atomic E-state index is 0.00397. The average molecular weight is 2050 g/mol. The number of aliphatic imine (C=N–C) groups is 4. The molecule has 8 fully saturated rings. The Hall–Kier alpha value is -5.40. The molecular weight excluding hydrogens is 1830 g/mol. The van der Waals surface area contributed by atoms with Crippen molar-refractivity contribution in [1.29, 1.82) is 0 Å². The van der Waals surface area contributed by atoms with Gasteiger partial charge >= 0.3 is 0 Å². The minimum atomic E-state index is -0.171. The predicted molar refractivity (Wildman–Crippen MR) is 603 cm³/mol. The van der Waals surface area contributed by atoms with Crippen LogP contribution in [0.5, 0.6) is 0 Å². The maximum atomic E-state index is 7.52. The zero-order valence-electron chi connectivity index (χ0n) is 101. The molecule has 32 heteroatoms. The molecule has 4 unspecified atom stereocenters. The van der Waals surface area contributed by atoms with Gasteiger partial charge in [0.1, 0.15) is 46.6 Å². The van der Waals surface area contributed by atoms with Crippen molar-refractivity contribution >= 4 is 23.3 Å². The van der Waals surface area contributed by atoms with Crippen molar-refractivity contribution in [3.63, 3.8) is 0 Å². The van der Waals surface area contributed by atoms with Crippen LogP contribution in [0.15, 0.2) is 67.6 Å². The zero-order valence-corrected chi connectivity index (χ0v) is 101. The van der Waals surface area contributed by atoms with E-state index in [1.807, 2.05) is 10.6 Å². The average Bonchev–Trinajstić information content (AvgIpc) is 0.761. The fourth-order valence-electron chi connectivity index (χ4n) is 28.8. The fraction of sp³-hybridized carbons (Fsp3) is 0.895. The number of hydrogen-bond acceptors (Lipinski definition) is 28. The lowest BCUT2D eigenvalue weighted by atomic mass is 9.70. The lowest BCUT2D eigenvalue weighted by Crippen LogP contribution is -2.64. The molecule has 12 rings (SSSR count). The Kier molecular flexibility index (Phi) is 36.6. The molecule has 12 aliphatic heterocycles. The molecule has 0 bridgehead atoms. The Morgan fingerprint density at radius 1 is 0.267 bits per heavy atom. The maximum absolute atomic E-state index is 7.52. The molecule has 0 spiro atoms. The van der Waals surface area contributed by atoms with Crippen LogP contribution in [0, 0.1) is 23.7 Å². The van der Waals surface area contributed by atoms with E-state index in [9.17, 15) is 0 Å². The molecule has 0 aromatic rings. The highest BCUT2D eigenvalue weighted by molar-refractivity contribution is 5.95. The standard InChI is InChI=1S/C114H218N28O4/c1-45-49-87(79-63-99(5,6)129(37)100(7,8)64-79)117-93-59-91(121-139(123-93)143-83-71-107(21,22)133(41)108(23,24)72-83)115-53-55-137(97-61-95(119-89(51-47-3)81-67-103(13,14)131(39)104(15,16)68-81)125-141(127-97)145-85-75-111(29,30)135(43)112(31,32)76-85)57-58-138(98-62-96(120-90(52-48-4)82-69-105(17,18)132(40)106(19,20)70-82)126-142(128-98)146-86-77-113(33,34)136(44)114(35,36)78-86)56-54-116-92-60-94(118-88(50-46-2)80-65-101(9,10)130(38)102(11,12)66-80)124-140(122-92)144-84-73-109(25,26)134(42)110(27,28)74-84/h59-62,79-90,117-118,123-124,127-128H,45-58,63-78H2,1-44H3,(H,115,121)(H,116,122)(H,119,125)(H,120,126). The Labute approximate surface area is 889 Å². The second-order valence-corrected chi connectivity index (χ2v) is 57.3. The summed E-state index contributed by atoms with van der Waals surface area (Å²) in [4.78, 5) is 78.7. The van der Waals surface area contributed by atoms with E-state index in [0.717, 1.165) is 189 Å². The Balaban J connectivity index is 1.03. The van der Waals surface area contributed by atoms with E-state index in [4.69, 9.17) is 39.3 Å². The van der Waals surface area contributed by atoms with E-state index in [1.165, 1.54) is 0 Å². The molecule has 12 aliphatic rings. The first-order valence-corrected chi connectivity index (χ1v) is 57.2. The van der Waals surface area contributed by atoms with Crippen molar-refractivity contribution in [1.82, 2.24) is 124 Å². The summed E-state index contributed by atoms with van der Waals surface area (Å²) in [6.07, 6.45) is 31.2. The van der Waals surface area contributed by atoms with Crippen molar-refractivity contribution in [2.24, 2.45) is 43.6 Å². The van der Waals surface area contributed by atoms with Gasteiger partial charge in [0.05, 0.1) is 49.6 Å². The van der Waals surface area contributed by atoms with Gasteiger partial charge < -0.3 is 20.4 Å². The number of rotatable bonds is 37. The largest absolute Gasteiger partial charge is 0.368 e. The second-order valence-electron chi connectivity index (χ2n) is 57.3. The summed E-state index contributed by atoms with van der Waals surface area (Å²) >= 11 is 0. The van der Waals surface area contributed by atoms with Gasteiger partial charge in [-0.3, -0.25) is 122 Å². The van der Waals surface area contributed by atoms with E-state index in [-0.39, 0.29) is 137 Å². The van der Waals surface area contributed by atoms with Gasteiger partial charge in [-0.2, -0.15) is 0 Å². The summed E-state index contributed by atoms with van der Waals surface area (Å²) in [6.45, 7) is 88.3. The molecule has 0 aromatic carbocycles. The quantitative estimate of drug-likeness (QED) is 0.0278. The van der Waals surface area contributed by atoms with Gasteiger partial charge in [-0.1, -0.05) is 53.4 Å². The highest BCUT2D eigenvalue weighted by Crippen LogP contribution is 2.50. The monoisotopic (exact) mass is 2040 g/mol. The molecule has 10 N–H and O–H groups in total. The normalized spacial score (nSPS) is 29.5. The van der Waals surface area contributed by atoms with Crippen LogP contribution in [0.4, 0.5) is 0 Å².